The summed E-state index contributed by atoms with van der Waals surface area (Å²) in [5.41, 5.74) is 0.197. The third-order valence-electron chi connectivity index (χ3n) is 2.87. The Morgan fingerprint density at radius 1 is 1.15 bits per heavy atom. The molecule has 0 aliphatic carbocycles. The fraction of sp³-hybridized carbons (Fsp3) is 0.500. The summed E-state index contributed by atoms with van der Waals surface area (Å²) in [7, 11) is 3.20. The third kappa shape index (κ3) is 5.16. The van der Waals surface area contributed by atoms with Crippen molar-refractivity contribution in [1.82, 2.24) is 4.90 Å². The summed E-state index contributed by atoms with van der Waals surface area (Å²) in [5.74, 6) is -0.502. The first-order valence-electron chi connectivity index (χ1n) is 6.34. The normalized spacial score (nSPS) is 10.9. The quantitative estimate of drug-likeness (QED) is 0.655. The highest BCUT2D eigenvalue weighted by molar-refractivity contribution is 6.00. The molecule has 0 bridgehead atoms. The molecule has 0 aliphatic heterocycles. The minimum absolute atomic E-state index is 0.0744. The molecule has 6 nitrogen and oxygen atoms in total. The van der Waals surface area contributed by atoms with Gasteiger partial charge >= 0.3 is 0 Å². The number of ether oxygens (including phenoxy) is 2. The van der Waals surface area contributed by atoms with E-state index < -0.39 is 0 Å². The van der Waals surface area contributed by atoms with Crippen LogP contribution < -0.4 is 0 Å². The van der Waals surface area contributed by atoms with Crippen LogP contribution in [-0.4, -0.2) is 68.0 Å². The first kappa shape index (κ1) is 16.4. The van der Waals surface area contributed by atoms with Gasteiger partial charge in [0.05, 0.1) is 25.3 Å². The minimum Gasteiger partial charge on any atom is -0.508 e. The number of nitrogens with zero attached hydrogens (tertiary/aromatic N) is 1. The summed E-state index contributed by atoms with van der Waals surface area (Å²) >= 11 is 0. The number of Topliss-reactive ketones (excluding diaryl/α,β-unsaturated/α-hetero) is 1. The van der Waals surface area contributed by atoms with Gasteiger partial charge in [0.15, 0.2) is 5.78 Å². The molecule has 6 heteroatoms. The van der Waals surface area contributed by atoms with E-state index >= 15 is 0 Å². The van der Waals surface area contributed by atoms with Gasteiger partial charge in [-0.1, -0.05) is 0 Å². The second kappa shape index (κ2) is 8.52. The highest BCUT2D eigenvalue weighted by Gasteiger charge is 2.15. The van der Waals surface area contributed by atoms with Gasteiger partial charge in [-0.15, -0.1) is 0 Å². The lowest BCUT2D eigenvalue weighted by Crippen LogP contribution is -2.35. The standard InChI is InChI=1S/C14H21NO5/c1-19-7-5-15(6-8-20-2)10-14(18)12-4-3-11(16)9-13(12)17/h3-4,9,16-17H,5-8,10H2,1-2H3. The molecule has 0 aromatic heterocycles. The average molecular weight is 283 g/mol. The molecule has 112 valence electrons. The average Bonchev–Trinajstić information content (AvgIpc) is 2.41. The Balaban J connectivity index is 2.68. The Morgan fingerprint density at radius 2 is 1.75 bits per heavy atom. The maximum absolute atomic E-state index is 12.1. The molecule has 0 aliphatic rings. The molecule has 0 heterocycles. The molecule has 0 saturated carbocycles. The van der Waals surface area contributed by atoms with E-state index in [4.69, 9.17) is 9.47 Å². The molecule has 0 radical (unpaired) electrons. The largest absolute Gasteiger partial charge is 0.508 e. The van der Waals surface area contributed by atoms with Crippen molar-refractivity contribution in [2.45, 2.75) is 0 Å². The number of aromatic hydroxyl groups is 2. The molecular weight excluding hydrogens is 262 g/mol. The van der Waals surface area contributed by atoms with E-state index in [0.29, 0.717) is 26.3 Å². The molecule has 0 spiro atoms. The van der Waals surface area contributed by atoms with Crippen LogP contribution in [0.1, 0.15) is 10.4 Å². The van der Waals surface area contributed by atoms with E-state index in [9.17, 15) is 15.0 Å². The van der Waals surface area contributed by atoms with Gasteiger partial charge in [0, 0.05) is 33.4 Å². The smallest absolute Gasteiger partial charge is 0.180 e. The zero-order valence-electron chi connectivity index (χ0n) is 11.8. The fourth-order valence-corrected chi connectivity index (χ4v) is 1.75. The van der Waals surface area contributed by atoms with Gasteiger partial charge in [-0.3, -0.25) is 9.69 Å². The summed E-state index contributed by atoms with van der Waals surface area (Å²) in [6.07, 6.45) is 0. The van der Waals surface area contributed by atoms with Gasteiger partial charge < -0.3 is 19.7 Å². The SMILES string of the molecule is COCCN(CCOC)CC(=O)c1ccc(O)cc1O. The summed E-state index contributed by atoms with van der Waals surface area (Å²) in [6.45, 7) is 2.39. The minimum atomic E-state index is -0.214. The van der Waals surface area contributed by atoms with E-state index in [0.717, 1.165) is 6.07 Å². The fourth-order valence-electron chi connectivity index (χ4n) is 1.75. The first-order valence-corrected chi connectivity index (χ1v) is 6.34. The van der Waals surface area contributed by atoms with E-state index in [1.54, 1.807) is 14.2 Å². The van der Waals surface area contributed by atoms with Crippen LogP contribution in [-0.2, 0) is 9.47 Å². The van der Waals surface area contributed by atoms with Crippen molar-refractivity contribution in [2.24, 2.45) is 0 Å². The van der Waals surface area contributed by atoms with E-state index in [2.05, 4.69) is 0 Å². The lowest BCUT2D eigenvalue weighted by Gasteiger charge is -2.20. The number of phenolic OH excluding ortho intramolecular Hbond substituents is 2. The van der Waals surface area contributed by atoms with Crippen molar-refractivity contribution in [3.63, 3.8) is 0 Å². The van der Waals surface area contributed by atoms with Gasteiger partial charge in [0.25, 0.3) is 0 Å². The molecule has 20 heavy (non-hydrogen) atoms. The third-order valence-corrected chi connectivity index (χ3v) is 2.87. The molecular formula is C14H21NO5. The summed E-state index contributed by atoms with van der Waals surface area (Å²) in [6, 6.07) is 3.95. The summed E-state index contributed by atoms with van der Waals surface area (Å²) < 4.78 is 10.0. The van der Waals surface area contributed by atoms with Crippen LogP contribution in [0.5, 0.6) is 11.5 Å². The summed E-state index contributed by atoms with van der Waals surface area (Å²) in [4.78, 5) is 14.0. The lowest BCUT2D eigenvalue weighted by molar-refractivity contribution is 0.0835. The number of hydrogen-bond acceptors (Lipinski definition) is 6. The zero-order chi connectivity index (χ0) is 15.0. The summed E-state index contributed by atoms with van der Waals surface area (Å²) in [5, 5.41) is 18.9. The molecule has 2 N–H and O–H groups in total. The number of methoxy groups -OCH3 is 2. The van der Waals surface area contributed by atoms with E-state index in [1.807, 2.05) is 4.90 Å². The number of ketones is 1. The Hall–Kier alpha value is -1.63. The Labute approximate surface area is 118 Å². The van der Waals surface area contributed by atoms with Crippen LogP contribution >= 0.6 is 0 Å². The number of rotatable bonds is 9. The molecule has 0 saturated heterocycles. The van der Waals surface area contributed by atoms with Crippen LogP contribution in [0.3, 0.4) is 0 Å². The molecule has 1 aromatic rings. The number of carbonyl (C=O) groups excluding carboxylic acids is 1. The Bertz CT molecular complexity index is 428. The van der Waals surface area contributed by atoms with Crippen molar-refractivity contribution in [3.05, 3.63) is 23.8 Å². The molecule has 1 aromatic carbocycles. The van der Waals surface area contributed by atoms with E-state index in [-0.39, 0.29) is 29.4 Å². The molecule has 0 unspecified atom stereocenters. The van der Waals surface area contributed by atoms with Crippen LogP contribution in [0, 0.1) is 0 Å². The highest BCUT2D eigenvalue weighted by Crippen LogP contribution is 2.23. The Morgan fingerprint density at radius 3 is 2.25 bits per heavy atom. The van der Waals surface area contributed by atoms with Crippen molar-refractivity contribution >= 4 is 5.78 Å². The van der Waals surface area contributed by atoms with Gasteiger partial charge in [0.2, 0.25) is 0 Å². The molecule has 0 atom stereocenters. The molecule has 1 rings (SSSR count). The highest BCUT2D eigenvalue weighted by atomic mass is 16.5. The predicted octanol–water partition coefficient (Wildman–Crippen LogP) is 0.875. The predicted molar refractivity (Wildman–Crippen MR) is 74.3 cm³/mol. The molecule has 0 fully saturated rings. The zero-order valence-corrected chi connectivity index (χ0v) is 11.8. The van der Waals surface area contributed by atoms with Gasteiger partial charge in [-0.25, -0.2) is 0 Å². The Kier molecular flexibility index (Phi) is 7.00. The van der Waals surface area contributed by atoms with Crippen LogP contribution in [0.4, 0.5) is 0 Å². The maximum Gasteiger partial charge on any atom is 0.180 e. The van der Waals surface area contributed by atoms with Crippen molar-refractivity contribution in [2.75, 3.05) is 47.1 Å². The second-order valence-corrected chi connectivity index (χ2v) is 4.39. The van der Waals surface area contributed by atoms with Crippen LogP contribution in [0.2, 0.25) is 0 Å². The van der Waals surface area contributed by atoms with Crippen molar-refractivity contribution < 1.29 is 24.5 Å². The lowest BCUT2D eigenvalue weighted by atomic mass is 10.1. The molecule has 0 amide bonds. The van der Waals surface area contributed by atoms with Crippen molar-refractivity contribution in [1.29, 1.82) is 0 Å². The van der Waals surface area contributed by atoms with Crippen LogP contribution in [0.15, 0.2) is 18.2 Å². The second-order valence-electron chi connectivity index (χ2n) is 4.39. The van der Waals surface area contributed by atoms with Crippen molar-refractivity contribution in [3.8, 4) is 11.5 Å². The van der Waals surface area contributed by atoms with Gasteiger partial charge in [-0.2, -0.15) is 0 Å². The van der Waals surface area contributed by atoms with Gasteiger partial charge in [0.1, 0.15) is 11.5 Å². The number of benzene rings is 1. The monoisotopic (exact) mass is 283 g/mol. The maximum atomic E-state index is 12.1. The van der Waals surface area contributed by atoms with Crippen LogP contribution in [0.25, 0.3) is 0 Å². The number of phenols is 2. The number of hydrogen-bond donors (Lipinski definition) is 2. The van der Waals surface area contributed by atoms with E-state index in [1.165, 1.54) is 12.1 Å². The number of carbonyl (C=O) groups is 1. The first-order chi connectivity index (χ1) is 9.58. The van der Waals surface area contributed by atoms with Gasteiger partial charge in [-0.05, 0) is 12.1 Å². The topological polar surface area (TPSA) is 79.2 Å².